The number of carbonyl (C=O) groups is 1. The van der Waals surface area contributed by atoms with Crippen molar-refractivity contribution in [3.8, 4) is 0 Å². The third-order valence-electron chi connectivity index (χ3n) is 2.94. The lowest BCUT2D eigenvalue weighted by Crippen LogP contribution is -2.24. The van der Waals surface area contributed by atoms with Crippen LogP contribution in [0.25, 0.3) is 0 Å². The zero-order chi connectivity index (χ0) is 12.6. The first-order chi connectivity index (χ1) is 8.00. The summed E-state index contributed by atoms with van der Waals surface area (Å²) in [6.07, 6.45) is -1.82. The lowest BCUT2D eigenvalue weighted by atomic mass is 10.1. The minimum absolute atomic E-state index is 0.127. The summed E-state index contributed by atoms with van der Waals surface area (Å²) in [4.78, 5) is 12.9. The van der Waals surface area contributed by atoms with Gasteiger partial charge in [0.25, 0.3) is 0 Å². The highest BCUT2D eigenvalue weighted by Crippen LogP contribution is 2.28. The first-order valence-corrected chi connectivity index (χ1v) is 5.41. The van der Waals surface area contributed by atoms with E-state index in [1.54, 1.807) is 0 Å². The van der Waals surface area contributed by atoms with Gasteiger partial charge in [-0.25, -0.2) is 4.39 Å². The number of hydrogen-bond acceptors (Lipinski definition) is 4. The lowest BCUT2D eigenvalue weighted by molar-refractivity contribution is 0.0572. The van der Waals surface area contributed by atoms with Gasteiger partial charge in [-0.2, -0.15) is 0 Å². The van der Waals surface area contributed by atoms with Gasteiger partial charge in [-0.05, 0) is 19.1 Å². The van der Waals surface area contributed by atoms with Gasteiger partial charge in [-0.3, -0.25) is 4.79 Å². The summed E-state index contributed by atoms with van der Waals surface area (Å²) in [7, 11) is 0. The van der Waals surface area contributed by atoms with E-state index in [1.807, 2.05) is 0 Å². The number of hydrogen-bond donors (Lipinski definition) is 2. The molecule has 0 aromatic heterocycles. The molecule has 0 bridgehead atoms. The molecule has 0 saturated carbocycles. The Hall–Kier alpha value is -1.46. The Bertz CT molecular complexity index is 439. The number of halogens is 1. The number of benzene rings is 1. The molecule has 92 valence electrons. The van der Waals surface area contributed by atoms with Gasteiger partial charge in [0.05, 0.1) is 17.9 Å². The highest BCUT2D eigenvalue weighted by atomic mass is 19.1. The molecule has 5 heteroatoms. The molecule has 17 heavy (non-hydrogen) atoms. The second-order valence-electron chi connectivity index (χ2n) is 4.23. The summed E-state index contributed by atoms with van der Waals surface area (Å²) < 4.78 is 13.8. The quantitative estimate of drug-likeness (QED) is 0.741. The Morgan fingerprint density at radius 1 is 1.35 bits per heavy atom. The van der Waals surface area contributed by atoms with Gasteiger partial charge in [0.2, 0.25) is 0 Å². The van der Waals surface area contributed by atoms with Crippen molar-refractivity contribution in [3.05, 3.63) is 29.6 Å². The van der Waals surface area contributed by atoms with Gasteiger partial charge in [0.1, 0.15) is 5.82 Å². The van der Waals surface area contributed by atoms with E-state index in [4.69, 9.17) is 0 Å². The average molecular weight is 239 g/mol. The van der Waals surface area contributed by atoms with E-state index in [9.17, 15) is 19.4 Å². The second-order valence-corrected chi connectivity index (χ2v) is 4.23. The number of rotatable bonds is 2. The van der Waals surface area contributed by atoms with Crippen LogP contribution in [0.15, 0.2) is 18.2 Å². The van der Waals surface area contributed by atoms with Crippen molar-refractivity contribution >= 4 is 11.5 Å². The highest BCUT2D eigenvalue weighted by Gasteiger charge is 2.32. The molecule has 0 amide bonds. The second kappa shape index (κ2) is 4.43. The SMILES string of the molecule is CC(=O)c1cccc(F)c1N1CC(O)C(O)C1. The van der Waals surface area contributed by atoms with Crippen molar-refractivity contribution in [3.63, 3.8) is 0 Å². The molecule has 1 fully saturated rings. The molecular weight excluding hydrogens is 225 g/mol. The summed E-state index contributed by atoms with van der Waals surface area (Å²) in [5.74, 6) is -0.755. The maximum Gasteiger partial charge on any atom is 0.161 e. The Morgan fingerprint density at radius 2 is 1.94 bits per heavy atom. The van der Waals surface area contributed by atoms with Crippen molar-refractivity contribution in [2.24, 2.45) is 0 Å². The first-order valence-electron chi connectivity index (χ1n) is 5.41. The Morgan fingerprint density at radius 3 is 2.47 bits per heavy atom. The topological polar surface area (TPSA) is 60.8 Å². The average Bonchev–Trinajstić information content (AvgIpc) is 2.58. The number of ketones is 1. The van der Waals surface area contributed by atoms with Crippen LogP contribution in [0, 0.1) is 5.82 Å². The number of carbonyl (C=O) groups excluding carboxylic acids is 1. The fraction of sp³-hybridized carbons (Fsp3) is 0.417. The van der Waals surface area contributed by atoms with Crippen LogP contribution < -0.4 is 4.90 Å². The van der Waals surface area contributed by atoms with E-state index < -0.39 is 18.0 Å². The normalized spacial score (nSPS) is 24.1. The maximum absolute atomic E-state index is 13.8. The van der Waals surface area contributed by atoms with E-state index in [0.717, 1.165) is 0 Å². The van der Waals surface area contributed by atoms with E-state index in [-0.39, 0.29) is 30.1 Å². The number of nitrogens with zero attached hydrogens (tertiary/aromatic N) is 1. The van der Waals surface area contributed by atoms with E-state index in [0.29, 0.717) is 0 Å². The molecule has 0 aliphatic carbocycles. The molecular formula is C12H14FNO3. The molecule has 2 N–H and O–H groups in total. The smallest absolute Gasteiger partial charge is 0.161 e. The van der Waals surface area contributed by atoms with E-state index in [1.165, 1.54) is 30.0 Å². The van der Waals surface area contributed by atoms with Crippen molar-refractivity contribution in [1.29, 1.82) is 0 Å². The minimum atomic E-state index is -0.908. The Labute approximate surface area is 98.3 Å². The van der Waals surface area contributed by atoms with Gasteiger partial charge >= 0.3 is 0 Å². The molecule has 1 heterocycles. The van der Waals surface area contributed by atoms with Crippen LogP contribution in [0.4, 0.5) is 10.1 Å². The summed E-state index contributed by atoms with van der Waals surface area (Å²) in [6, 6.07) is 4.27. The molecule has 4 nitrogen and oxygen atoms in total. The lowest BCUT2D eigenvalue weighted by Gasteiger charge is -2.21. The number of para-hydroxylation sites is 1. The molecule has 2 atom stereocenters. The van der Waals surface area contributed by atoms with Crippen LogP contribution in [0.5, 0.6) is 0 Å². The predicted molar refractivity (Wildman–Crippen MR) is 60.6 cm³/mol. The molecule has 1 aromatic rings. The summed E-state index contributed by atoms with van der Waals surface area (Å²) in [6.45, 7) is 1.62. The Kier molecular flexibility index (Phi) is 3.13. The molecule has 1 aliphatic rings. The third kappa shape index (κ3) is 2.16. The first kappa shape index (κ1) is 12.0. The number of aliphatic hydroxyl groups is 2. The van der Waals surface area contributed by atoms with Crippen molar-refractivity contribution in [2.75, 3.05) is 18.0 Å². The van der Waals surface area contributed by atoms with Crippen molar-refractivity contribution in [2.45, 2.75) is 19.1 Å². The molecule has 2 unspecified atom stereocenters. The molecule has 0 radical (unpaired) electrons. The van der Waals surface area contributed by atoms with Gasteiger partial charge in [-0.1, -0.05) is 6.07 Å². The molecule has 0 spiro atoms. The van der Waals surface area contributed by atoms with Crippen LogP contribution in [0.3, 0.4) is 0 Å². The summed E-state index contributed by atoms with van der Waals surface area (Å²) in [5, 5.41) is 18.9. The predicted octanol–water partition coefficient (Wildman–Crippen LogP) is 0.570. The van der Waals surface area contributed by atoms with E-state index >= 15 is 0 Å². The third-order valence-corrected chi connectivity index (χ3v) is 2.94. The number of β-amino-alcohol motifs (C(OH)–C–C–N with tert-alkyl or cyclic N) is 2. The standard InChI is InChI=1S/C12H14FNO3/c1-7(15)8-3-2-4-9(13)12(8)14-5-10(16)11(17)6-14/h2-4,10-11,16-17H,5-6H2,1H3. The van der Waals surface area contributed by atoms with Crippen LogP contribution >= 0.6 is 0 Å². The number of anilines is 1. The maximum atomic E-state index is 13.8. The Balaban J connectivity index is 2.41. The monoisotopic (exact) mass is 239 g/mol. The molecule has 1 aromatic carbocycles. The van der Waals surface area contributed by atoms with E-state index in [2.05, 4.69) is 0 Å². The largest absolute Gasteiger partial charge is 0.389 e. The number of aliphatic hydroxyl groups excluding tert-OH is 2. The van der Waals surface area contributed by atoms with Crippen LogP contribution in [-0.2, 0) is 0 Å². The molecule has 1 saturated heterocycles. The number of Topliss-reactive ketones (excluding diaryl/α,β-unsaturated/α-hetero) is 1. The minimum Gasteiger partial charge on any atom is -0.389 e. The molecule has 1 aliphatic heterocycles. The fourth-order valence-electron chi connectivity index (χ4n) is 2.07. The van der Waals surface area contributed by atoms with Crippen LogP contribution in [0.2, 0.25) is 0 Å². The van der Waals surface area contributed by atoms with Crippen LogP contribution in [-0.4, -0.2) is 41.3 Å². The summed E-state index contributed by atoms with van der Waals surface area (Å²) >= 11 is 0. The van der Waals surface area contributed by atoms with Crippen molar-refractivity contribution in [1.82, 2.24) is 0 Å². The van der Waals surface area contributed by atoms with Gasteiger partial charge in [0.15, 0.2) is 5.78 Å². The molecule has 2 rings (SSSR count). The zero-order valence-corrected chi connectivity index (χ0v) is 9.43. The van der Waals surface area contributed by atoms with Gasteiger partial charge in [0, 0.05) is 18.7 Å². The van der Waals surface area contributed by atoms with Gasteiger partial charge < -0.3 is 15.1 Å². The van der Waals surface area contributed by atoms with Gasteiger partial charge in [-0.15, -0.1) is 0 Å². The zero-order valence-electron chi connectivity index (χ0n) is 9.43. The fourth-order valence-corrected chi connectivity index (χ4v) is 2.07. The summed E-state index contributed by atoms with van der Waals surface area (Å²) in [5.41, 5.74) is 0.432. The highest BCUT2D eigenvalue weighted by molar-refractivity contribution is 5.99. The van der Waals surface area contributed by atoms with Crippen LogP contribution in [0.1, 0.15) is 17.3 Å². The van der Waals surface area contributed by atoms with Crippen molar-refractivity contribution < 1.29 is 19.4 Å².